The van der Waals surface area contributed by atoms with Gasteiger partial charge in [-0.2, -0.15) is 5.10 Å². The van der Waals surface area contributed by atoms with E-state index in [0.717, 1.165) is 5.56 Å². The molecule has 0 aliphatic carbocycles. The molecule has 2 N–H and O–H groups in total. The van der Waals surface area contributed by atoms with Gasteiger partial charge in [-0.05, 0) is 6.92 Å². The monoisotopic (exact) mass is 150 g/mol. The molecule has 0 aliphatic rings. The molecule has 1 aromatic heterocycles. The molecule has 11 heavy (non-hydrogen) atoms. The van der Waals surface area contributed by atoms with E-state index in [-0.39, 0.29) is 0 Å². The van der Waals surface area contributed by atoms with E-state index >= 15 is 0 Å². The summed E-state index contributed by atoms with van der Waals surface area (Å²) in [5.41, 5.74) is 0.785. The lowest BCUT2D eigenvalue weighted by atomic mass is 10.1. The van der Waals surface area contributed by atoms with Crippen molar-refractivity contribution in [3.63, 3.8) is 0 Å². The minimum atomic E-state index is -0.513. The van der Waals surface area contributed by atoms with Crippen molar-refractivity contribution in [2.75, 3.05) is 0 Å². The molecule has 0 aromatic carbocycles. The summed E-state index contributed by atoms with van der Waals surface area (Å²) in [4.78, 5) is 0. The molecule has 0 saturated heterocycles. The number of hydrogen-bond donors (Lipinski definition) is 2. The van der Waals surface area contributed by atoms with Crippen LogP contribution in [0.3, 0.4) is 0 Å². The molecular weight excluding hydrogens is 140 g/mol. The summed E-state index contributed by atoms with van der Waals surface area (Å²) >= 11 is 0. The molecule has 0 bridgehead atoms. The Hall–Kier alpha value is -1.27. The molecule has 0 spiro atoms. The average Bonchev–Trinajstić information content (AvgIpc) is 2.52. The van der Waals surface area contributed by atoms with Crippen LogP contribution in [-0.4, -0.2) is 15.3 Å². The van der Waals surface area contributed by atoms with Crippen molar-refractivity contribution in [2.24, 2.45) is 0 Å². The number of aromatic nitrogens is 2. The van der Waals surface area contributed by atoms with Gasteiger partial charge in [0.05, 0.1) is 12.3 Å². The number of aromatic amines is 1. The smallest absolute Gasteiger partial charge is 0.0929 e. The van der Waals surface area contributed by atoms with E-state index in [0.29, 0.717) is 6.42 Å². The summed E-state index contributed by atoms with van der Waals surface area (Å²) in [6, 6.07) is 0. The Balaban J connectivity index is 2.53. The van der Waals surface area contributed by atoms with Crippen LogP contribution in [-0.2, 0) is 0 Å². The molecule has 0 amide bonds. The van der Waals surface area contributed by atoms with Gasteiger partial charge in [0.15, 0.2) is 0 Å². The molecule has 1 aromatic rings. The Kier molecular flexibility index (Phi) is 2.70. The lowest BCUT2D eigenvalue weighted by Crippen LogP contribution is -1.92. The van der Waals surface area contributed by atoms with Crippen molar-refractivity contribution in [2.45, 2.75) is 19.4 Å². The van der Waals surface area contributed by atoms with Gasteiger partial charge in [-0.15, -0.1) is 11.8 Å². The van der Waals surface area contributed by atoms with Gasteiger partial charge >= 0.3 is 0 Å². The zero-order valence-electron chi connectivity index (χ0n) is 6.33. The van der Waals surface area contributed by atoms with E-state index < -0.39 is 6.10 Å². The van der Waals surface area contributed by atoms with Crippen LogP contribution >= 0.6 is 0 Å². The number of H-pyrrole nitrogens is 1. The number of aliphatic hydroxyl groups excluding tert-OH is 1. The number of hydrogen-bond acceptors (Lipinski definition) is 2. The number of nitrogens with zero attached hydrogens (tertiary/aromatic N) is 1. The van der Waals surface area contributed by atoms with Gasteiger partial charge in [-0.3, -0.25) is 5.10 Å². The molecule has 0 saturated carbocycles. The first-order valence-corrected chi connectivity index (χ1v) is 3.41. The predicted molar refractivity (Wildman–Crippen MR) is 41.6 cm³/mol. The van der Waals surface area contributed by atoms with E-state index in [4.69, 9.17) is 0 Å². The van der Waals surface area contributed by atoms with E-state index in [2.05, 4.69) is 22.0 Å². The number of aliphatic hydroxyl groups is 1. The topological polar surface area (TPSA) is 48.9 Å². The summed E-state index contributed by atoms with van der Waals surface area (Å²) in [6.45, 7) is 1.75. The summed E-state index contributed by atoms with van der Waals surface area (Å²) < 4.78 is 0. The largest absolute Gasteiger partial charge is 0.387 e. The summed E-state index contributed by atoms with van der Waals surface area (Å²) in [5.74, 6) is 5.51. The number of rotatable bonds is 2. The molecule has 0 fully saturated rings. The van der Waals surface area contributed by atoms with Crippen LogP contribution in [0.1, 0.15) is 25.0 Å². The van der Waals surface area contributed by atoms with E-state index in [1.54, 1.807) is 19.3 Å². The van der Waals surface area contributed by atoms with E-state index in [1.807, 2.05) is 0 Å². The Labute approximate surface area is 65.4 Å². The molecule has 1 unspecified atom stereocenters. The van der Waals surface area contributed by atoms with Crippen molar-refractivity contribution in [1.82, 2.24) is 10.2 Å². The predicted octanol–water partition coefficient (Wildman–Crippen LogP) is 0.857. The Morgan fingerprint density at radius 2 is 2.64 bits per heavy atom. The Morgan fingerprint density at radius 3 is 3.18 bits per heavy atom. The molecule has 1 atom stereocenters. The van der Waals surface area contributed by atoms with Gasteiger partial charge in [0, 0.05) is 18.2 Å². The highest BCUT2D eigenvalue weighted by Crippen LogP contribution is 2.12. The van der Waals surface area contributed by atoms with Crippen molar-refractivity contribution in [3.8, 4) is 11.8 Å². The Morgan fingerprint density at radius 1 is 1.82 bits per heavy atom. The molecule has 1 rings (SSSR count). The maximum atomic E-state index is 9.38. The van der Waals surface area contributed by atoms with Crippen LogP contribution in [0.5, 0.6) is 0 Å². The second kappa shape index (κ2) is 3.79. The van der Waals surface area contributed by atoms with Crippen LogP contribution in [0.25, 0.3) is 0 Å². The molecule has 0 aliphatic heterocycles. The van der Waals surface area contributed by atoms with Crippen molar-refractivity contribution in [3.05, 3.63) is 18.0 Å². The normalized spacial score (nSPS) is 11.8. The van der Waals surface area contributed by atoms with E-state index in [9.17, 15) is 5.11 Å². The van der Waals surface area contributed by atoms with Gasteiger partial charge in [0.2, 0.25) is 0 Å². The minimum Gasteiger partial charge on any atom is -0.387 e. The lowest BCUT2D eigenvalue weighted by Gasteiger charge is -2.00. The van der Waals surface area contributed by atoms with Gasteiger partial charge in [0.1, 0.15) is 0 Å². The summed E-state index contributed by atoms with van der Waals surface area (Å²) in [5, 5.41) is 15.7. The highest BCUT2D eigenvalue weighted by atomic mass is 16.3. The van der Waals surface area contributed by atoms with Gasteiger partial charge in [-0.25, -0.2) is 0 Å². The molecular formula is C8H10N2O. The fraction of sp³-hybridized carbons (Fsp3) is 0.375. The molecule has 58 valence electrons. The van der Waals surface area contributed by atoms with Gasteiger partial charge < -0.3 is 5.11 Å². The zero-order valence-corrected chi connectivity index (χ0v) is 6.33. The fourth-order valence-corrected chi connectivity index (χ4v) is 0.760. The van der Waals surface area contributed by atoms with Crippen LogP contribution in [0.15, 0.2) is 12.4 Å². The highest BCUT2D eigenvalue weighted by Gasteiger charge is 2.05. The van der Waals surface area contributed by atoms with Crippen LogP contribution in [0.4, 0.5) is 0 Å². The van der Waals surface area contributed by atoms with Crippen LogP contribution in [0, 0.1) is 11.8 Å². The zero-order chi connectivity index (χ0) is 8.10. The van der Waals surface area contributed by atoms with Crippen molar-refractivity contribution >= 4 is 0 Å². The van der Waals surface area contributed by atoms with Crippen molar-refractivity contribution < 1.29 is 5.11 Å². The SMILES string of the molecule is CC#CCC(O)c1cn[nH]c1. The third-order valence-electron chi connectivity index (χ3n) is 1.38. The van der Waals surface area contributed by atoms with Crippen LogP contribution < -0.4 is 0 Å². The second-order valence-electron chi connectivity index (χ2n) is 2.18. The lowest BCUT2D eigenvalue weighted by molar-refractivity contribution is 0.184. The molecule has 3 heteroatoms. The molecule has 3 nitrogen and oxygen atoms in total. The quantitative estimate of drug-likeness (QED) is 0.614. The first kappa shape index (κ1) is 7.83. The first-order chi connectivity index (χ1) is 5.34. The maximum Gasteiger partial charge on any atom is 0.0929 e. The molecule has 0 radical (unpaired) electrons. The standard InChI is InChI=1S/C8H10N2O/c1-2-3-4-8(11)7-5-9-10-6-7/h5-6,8,11H,4H2,1H3,(H,9,10). The molecule has 1 heterocycles. The van der Waals surface area contributed by atoms with E-state index in [1.165, 1.54) is 0 Å². The number of nitrogens with one attached hydrogen (secondary N) is 1. The van der Waals surface area contributed by atoms with Crippen LogP contribution in [0.2, 0.25) is 0 Å². The summed E-state index contributed by atoms with van der Waals surface area (Å²) in [7, 11) is 0. The summed E-state index contributed by atoms with van der Waals surface area (Å²) in [6.07, 6.45) is 3.22. The van der Waals surface area contributed by atoms with Gasteiger partial charge in [0.25, 0.3) is 0 Å². The Bertz CT molecular complexity index is 255. The van der Waals surface area contributed by atoms with Crippen molar-refractivity contribution in [1.29, 1.82) is 0 Å². The minimum absolute atomic E-state index is 0.468. The average molecular weight is 150 g/mol. The van der Waals surface area contributed by atoms with Gasteiger partial charge in [-0.1, -0.05) is 0 Å². The fourth-order valence-electron chi connectivity index (χ4n) is 0.760. The first-order valence-electron chi connectivity index (χ1n) is 3.41. The third-order valence-corrected chi connectivity index (χ3v) is 1.38. The second-order valence-corrected chi connectivity index (χ2v) is 2.18. The maximum absolute atomic E-state index is 9.38. The third kappa shape index (κ3) is 2.10. The highest BCUT2D eigenvalue weighted by molar-refractivity contribution is 5.10.